The molecule has 2 saturated heterocycles. The lowest BCUT2D eigenvalue weighted by Gasteiger charge is -2.35. The maximum atomic E-state index is 14.1. The molecule has 44 heavy (non-hydrogen) atoms. The quantitative estimate of drug-likeness (QED) is 0.321. The van der Waals surface area contributed by atoms with Crippen LogP contribution >= 0.6 is 0 Å². The number of nitrogens with zero attached hydrogens (tertiary/aromatic N) is 3. The number of hydrogen-bond acceptors (Lipinski definition) is 9. The minimum Gasteiger partial charge on any atom is -0.443 e. The number of rotatable bonds is 14. The fraction of sp³-hybridized carbons (Fsp3) is 0.562. The van der Waals surface area contributed by atoms with Crippen molar-refractivity contribution in [2.24, 2.45) is 11.3 Å². The summed E-state index contributed by atoms with van der Waals surface area (Å²) in [7, 11) is -0.428. The van der Waals surface area contributed by atoms with Gasteiger partial charge in [0, 0.05) is 39.3 Å². The third kappa shape index (κ3) is 8.70. The molecule has 0 bridgehead atoms. The normalized spacial score (nSPS) is 21.3. The molecule has 2 aromatic rings. The molecule has 2 aromatic carbocycles. The molecule has 0 saturated carbocycles. The molecule has 2 fully saturated rings. The largest absolute Gasteiger partial charge is 0.443 e. The maximum Gasteiger partial charge on any atom is 0.407 e. The standard InChI is InChI=1S/C32H44N4O7S/c1-32(2,15-9-16-33)22-36(44(39,40)25-13-8-12-24(19-25)35(3)4)20-28(37)27(18-23-10-6-5-7-11-23)34-31(38)43-29-21-42-30-26(29)14-17-41-30/h5-8,10-13,19,26-30,37H,9,14-15,17-18,20-22H2,1-4H3,(H,34,38)/t26-,27-,28-,29-,30+/m0/s1. The van der Waals surface area contributed by atoms with Crippen LogP contribution in [-0.2, 0) is 30.7 Å². The van der Waals surface area contributed by atoms with Crippen LogP contribution in [0.4, 0.5) is 10.5 Å². The Morgan fingerprint density at radius 1 is 1.18 bits per heavy atom. The number of aliphatic hydroxyl groups excluding tert-OH is 1. The number of anilines is 1. The van der Waals surface area contributed by atoms with E-state index >= 15 is 0 Å². The van der Waals surface area contributed by atoms with Crippen LogP contribution in [0, 0.1) is 22.7 Å². The molecular formula is C32H44N4O7S. The van der Waals surface area contributed by atoms with Crippen LogP contribution in [0.5, 0.6) is 0 Å². The monoisotopic (exact) mass is 628 g/mol. The van der Waals surface area contributed by atoms with E-state index in [4.69, 9.17) is 14.2 Å². The van der Waals surface area contributed by atoms with Crippen molar-refractivity contribution < 1.29 is 32.5 Å². The van der Waals surface area contributed by atoms with Crippen LogP contribution in [0.3, 0.4) is 0 Å². The molecule has 0 unspecified atom stereocenters. The average molecular weight is 629 g/mol. The van der Waals surface area contributed by atoms with E-state index in [-0.39, 0.29) is 49.6 Å². The highest BCUT2D eigenvalue weighted by Gasteiger charge is 2.44. The van der Waals surface area contributed by atoms with Crippen molar-refractivity contribution in [2.45, 2.75) is 69.0 Å². The van der Waals surface area contributed by atoms with Crippen molar-refractivity contribution >= 4 is 21.8 Å². The average Bonchev–Trinajstić information content (AvgIpc) is 3.61. The van der Waals surface area contributed by atoms with E-state index in [2.05, 4.69) is 11.4 Å². The van der Waals surface area contributed by atoms with Gasteiger partial charge in [0.25, 0.3) is 0 Å². The second kappa shape index (κ2) is 14.7. The Balaban J connectivity index is 1.59. The Morgan fingerprint density at radius 3 is 2.64 bits per heavy atom. The Bertz CT molecular complexity index is 1400. The molecule has 0 aromatic heterocycles. The number of nitrogens with one attached hydrogen (secondary N) is 1. The lowest BCUT2D eigenvalue weighted by Crippen LogP contribution is -2.52. The predicted molar refractivity (Wildman–Crippen MR) is 165 cm³/mol. The lowest BCUT2D eigenvalue weighted by molar-refractivity contribution is -0.0907. The van der Waals surface area contributed by atoms with Gasteiger partial charge in [0.05, 0.1) is 42.2 Å². The summed E-state index contributed by atoms with van der Waals surface area (Å²) in [4.78, 5) is 15.0. The molecule has 12 heteroatoms. The molecule has 5 atom stereocenters. The lowest BCUT2D eigenvalue weighted by atomic mass is 9.88. The predicted octanol–water partition coefficient (Wildman–Crippen LogP) is 3.53. The summed E-state index contributed by atoms with van der Waals surface area (Å²) in [5.74, 6) is -0.0487. The summed E-state index contributed by atoms with van der Waals surface area (Å²) >= 11 is 0. The highest BCUT2D eigenvalue weighted by Crippen LogP contribution is 2.33. The van der Waals surface area contributed by atoms with E-state index < -0.39 is 39.8 Å². The Labute approximate surface area is 260 Å². The molecule has 0 aliphatic carbocycles. The third-order valence-corrected chi connectivity index (χ3v) is 10.00. The first-order chi connectivity index (χ1) is 20.9. The molecule has 1 amide bonds. The van der Waals surface area contributed by atoms with Gasteiger partial charge in [-0.1, -0.05) is 50.2 Å². The first-order valence-corrected chi connectivity index (χ1v) is 16.4. The molecule has 0 radical (unpaired) electrons. The van der Waals surface area contributed by atoms with Crippen molar-refractivity contribution in [3.63, 3.8) is 0 Å². The first kappa shape index (κ1) is 33.7. The highest BCUT2D eigenvalue weighted by atomic mass is 32.2. The van der Waals surface area contributed by atoms with Gasteiger partial charge < -0.3 is 29.5 Å². The van der Waals surface area contributed by atoms with Crippen LogP contribution < -0.4 is 10.2 Å². The van der Waals surface area contributed by atoms with Crippen LogP contribution in [0.2, 0.25) is 0 Å². The van der Waals surface area contributed by atoms with Crippen molar-refractivity contribution in [2.75, 3.05) is 45.3 Å². The fourth-order valence-electron chi connectivity index (χ4n) is 5.63. The molecule has 11 nitrogen and oxygen atoms in total. The van der Waals surface area contributed by atoms with Gasteiger partial charge in [-0.3, -0.25) is 0 Å². The van der Waals surface area contributed by atoms with Crippen LogP contribution in [0.15, 0.2) is 59.5 Å². The van der Waals surface area contributed by atoms with Gasteiger partial charge in [-0.15, -0.1) is 0 Å². The zero-order valence-electron chi connectivity index (χ0n) is 25.9. The van der Waals surface area contributed by atoms with Gasteiger partial charge in [-0.2, -0.15) is 9.57 Å². The zero-order valence-corrected chi connectivity index (χ0v) is 26.7. The van der Waals surface area contributed by atoms with Gasteiger partial charge in [0.1, 0.15) is 6.10 Å². The third-order valence-electron chi connectivity index (χ3n) is 8.19. The topological polar surface area (TPSA) is 141 Å². The molecule has 2 N–H and O–H groups in total. The summed E-state index contributed by atoms with van der Waals surface area (Å²) in [6.07, 6.45) is -1.15. The van der Waals surface area contributed by atoms with Gasteiger partial charge in [0.2, 0.25) is 10.0 Å². The highest BCUT2D eigenvalue weighted by molar-refractivity contribution is 7.89. The Kier molecular flexibility index (Phi) is 11.3. The molecule has 2 aliphatic heterocycles. The number of carbonyl (C=O) groups is 1. The summed E-state index contributed by atoms with van der Waals surface area (Å²) in [5, 5.41) is 23.6. The van der Waals surface area contributed by atoms with Gasteiger partial charge in [-0.05, 0) is 48.4 Å². The number of carbonyl (C=O) groups excluding carboxylic acids is 1. The van der Waals surface area contributed by atoms with E-state index in [1.54, 1.807) is 12.1 Å². The van der Waals surface area contributed by atoms with Crippen LogP contribution in [0.25, 0.3) is 0 Å². The van der Waals surface area contributed by atoms with E-state index in [0.717, 1.165) is 12.0 Å². The molecule has 2 heterocycles. The minimum absolute atomic E-state index is 0.0487. The summed E-state index contributed by atoms with van der Waals surface area (Å²) < 4.78 is 46.4. The number of aliphatic hydroxyl groups is 1. The van der Waals surface area contributed by atoms with Crippen molar-refractivity contribution in [3.05, 3.63) is 60.2 Å². The number of fused-ring (bicyclic) bond motifs is 1. The number of sulfonamides is 1. The molecule has 0 spiro atoms. The van der Waals surface area contributed by atoms with Crippen molar-refractivity contribution in [1.82, 2.24) is 9.62 Å². The van der Waals surface area contributed by atoms with E-state index in [0.29, 0.717) is 18.7 Å². The molecule has 4 rings (SSSR count). The van der Waals surface area contributed by atoms with Gasteiger partial charge in [0.15, 0.2) is 6.29 Å². The minimum atomic E-state index is -4.08. The van der Waals surface area contributed by atoms with E-state index in [1.165, 1.54) is 10.4 Å². The SMILES string of the molecule is CN(C)c1cccc(S(=O)(=O)N(C[C@H](O)[C@H](Cc2ccccc2)NC(=O)O[C@H]2CO[C@H]3OCC[C@H]32)CC(C)(C)CCC#N)c1. The van der Waals surface area contributed by atoms with E-state index in [1.807, 2.05) is 69.2 Å². The van der Waals surface area contributed by atoms with Crippen LogP contribution in [-0.4, -0.2) is 88.9 Å². The summed E-state index contributed by atoms with van der Waals surface area (Å²) in [6.45, 7) is 4.34. The van der Waals surface area contributed by atoms with Crippen molar-refractivity contribution in [1.29, 1.82) is 5.26 Å². The number of ether oxygens (including phenoxy) is 3. The van der Waals surface area contributed by atoms with Gasteiger partial charge in [-0.25, -0.2) is 13.2 Å². The maximum absolute atomic E-state index is 14.1. The second-order valence-electron chi connectivity index (χ2n) is 12.5. The molecule has 240 valence electrons. The summed E-state index contributed by atoms with van der Waals surface area (Å²) in [5.41, 5.74) is 1.01. The Hall–Kier alpha value is -3.21. The van der Waals surface area contributed by atoms with Crippen LogP contribution in [0.1, 0.15) is 38.7 Å². The first-order valence-electron chi connectivity index (χ1n) is 15.0. The Morgan fingerprint density at radius 2 is 1.93 bits per heavy atom. The number of nitriles is 1. The smallest absolute Gasteiger partial charge is 0.407 e. The van der Waals surface area contributed by atoms with Gasteiger partial charge >= 0.3 is 6.09 Å². The number of benzene rings is 2. The second-order valence-corrected chi connectivity index (χ2v) is 14.4. The zero-order chi connectivity index (χ0) is 31.9. The van der Waals surface area contributed by atoms with E-state index in [9.17, 15) is 23.6 Å². The summed E-state index contributed by atoms with van der Waals surface area (Å²) in [6, 6.07) is 17.2. The molecular weight excluding hydrogens is 584 g/mol. The number of alkyl carbamates (subject to hydrolysis) is 1. The fourth-order valence-corrected chi connectivity index (χ4v) is 7.31. The van der Waals surface area contributed by atoms with Crippen molar-refractivity contribution in [3.8, 4) is 6.07 Å². The number of hydrogen-bond donors (Lipinski definition) is 2. The molecule has 2 aliphatic rings. The number of amides is 1.